The van der Waals surface area contributed by atoms with Crippen LogP contribution in [0.25, 0.3) is 0 Å². The van der Waals surface area contributed by atoms with Gasteiger partial charge in [0.1, 0.15) is 24.3 Å². The number of amides is 3. The lowest BCUT2D eigenvalue weighted by molar-refractivity contribution is -0.245. The number of esters is 1. The van der Waals surface area contributed by atoms with Crippen LogP contribution < -0.4 is 16.0 Å². The monoisotopic (exact) mass is 986 g/mol. The van der Waals surface area contributed by atoms with E-state index >= 15 is 0 Å². The molecule has 1 heterocycles. The van der Waals surface area contributed by atoms with E-state index < -0.39 is 104 Å². The van der Waals surface area contributed by atoms with Gasteiger partial charge in [-0.05, 0) is 25.7 Å². The molecule has 69 heavy (non-hydrogen) atoms. The number of carbonyl (C=O) groups is 5. The molecule has 1 saturated heterocycles. The second kappa shape index (κ2) is 41.7. The zero-order valence-corrected chi connectivity index (χ0v) is 43.2. The number of nitrogens with one attached hydrogen (secondary N) is 3. The van der Waals surface area contributed by atoms with E-state index in [-0.39, 0.29) is 19.3 Å². The number of rotatable bonds is 45. The standard InChI is InChI=1S/C53H99N3O13/c1-4-7-10-13-16-19-22-25-28-31-40(58)36-45(61)54-43(52(66)67)34-35-48(64)69-53-50(56-47(63)38-42(60)33-30-27-24-21-18-15-12-9-6-3)49(51(65)44(39-57)68-53)55-46(62)37-41(59)32-29-26-23-20-17-14-11-8-5-2/h40-44,49-51,53,57-60,65H,4-39H2,1-3H3,(H,54,61)(H,55,62)(H,56,63)(H,66,67)/t40?,41?,42?,43-,44?,49?,50?,51?,53?/m1/s1. The van der Waals surface area contributed by atoms with Crippen LogP contribution in [0.1, 0.15) is 245 Å². The summed E-state index contributed by atoms with van der Waals surface area (Å²) in [7, 11) is 0. The first-order valence-corrected chi connectivity index (χ1v) is 27.5. The van der Waals surface area contributed by atoms with Crippen molar-refractivity contribution in [2.45, 2.75) is 300 Å². The molecule has 1 aliphatic rings. The van der Waals surface area contributed by atoms with Gasteiger partial charge in [0.05, 0.1) is 50.2 Å². The highest BCUT2D eigenvalue weighted by atomic mass is 16.7. The van der Waals surface area contributed by atoms with Crippen molar-refractivity contribution in [2.75, 3.05) is 6.61 Å². The molecule has 16 nitrogen and oxygen atoms in total. The molecule has 0 aromatic heterocycles. The number of aliphatic hydroxyl groups is 5. The number of hydrogen-bond donors (Lipinski definition) is 9. The predicted octanol–water partition coefficient (Wildman–Crippen LogP) is 7.94. The molecule has 0 aromatic carbocycles. The molecular formula is C53H99N3O13. The minimum Gasteiger partial charge on any atom is -0.480 e. The molecule has 0 spiro atoms. The summed E-state index contributed by atoms with van der Waals surface area (Å²) >= 11 is 0. The van der Waals surface area contributed by atoms with Crippen molar-refractivity contribution in [3.05, 3.63) is 0 Å². The highest BCUT2D eigenvalue weighted by molar-refractivity contribution is 5.84. The van der Waals surface area contributed by atoms with Gasteiger partial charge >= 0.3 is 11.9 Å². The quantitative estimate of drug-likeness (QED) is 0.0208. The fraction of sp³-hybridized carbons (Fsp3) is 0.906. The summed E-state index contributed by atoms with van der Waals surface area (Å²) in [6, 6.07) is -4.31. The van der Waals surface area contributed by atoms with Crippen LogP contribution in [0.15, 0.2) is 0 Å². The van der Waals surface area contributed by atoms with Gasteiger partial charge in [-0.25, -0.2) is 4.79 Å². The van der Waals surface area contributed by atoms with Crippen LogP contribution in [0, 0.1) is 0 Å². The Labute approximate surface area is 415 Å². The molecular weight excluding hydrogens is 887 g/mol. The summed E-state index contributed by atoms with van der Waals surface area (Å²) in [5, 5.41) is 71.1. The van der Waals surface area contributed by atoms with Crippen LogP contribution in [0.3, 0.4) is 0 Å². The van der Waals surface area contributed by atoms with Crippen LogP contribution in [-0.4, -0.2) is 122 Å². The SMILES string of the molecule is CCCCCCCCCCCC(O)CC(=O)NC1C(OC(=O)CC[C@@H](NC(=O)CC(O)CCCCCCCCCCC)C(=O)O)OC(CO)C(O)C1NC(=O)CC(O)CCCCCCCCCCC. The van der Waals surface area contributed by atoms with Crippen molar-refractivity contribution in [1.82, 2.24) is 16.0 Å². The Morgan fingerprint density at radius 3 is 1.22 bits per heavy atom. The highest BCUT2D eigenvalue weighted by Crippen LogP contribution is 2.25. The number of carbonyl (C=O) groups excluding carboxylic acids is 4. The van der Waals surface area contributed by atoms with E-state index in [1.807, 2.05) is 0 Å². The van der Waals surface area contributed by atoms with E-state index in [1.165, 1.54) is 96.3 Å². The predicted molar refractivity (Wildman–Crippen MR) is 268 cm³/mol. The zero-order valence-electron chi connectivity index (χ0n) is 43.2. The Balaban J connectivity index is 2.94. The molecule has 0 saturated carbocycles. The summed E-state index contributed by atoms with van der Waals surface area (Å²) < 4.78 is 11.4. The first-order valence-electron chi connectivity index (χ1n) is 27.5. The average molecular weight is 986 g/mol. The summed E-state index contributed by atoms with van der Waals surface area (Å²) in [4.78, 5) is 65.1. The van der Waals surface area contributed by atoms with Crippen LogP contribution in [-0.2, 0) is 33.4 Å². The third-order valence-corrected chi connectivity index (χ3v) is 13.3. The molecule has 8 unspecified atom stereocenters. The highest BCUT2D eigenvalue weighted by Gasteiger charge is 2.48. The fourth-order valence-electron chi connectivity index (χ4n) is 9.01. The van der Waals surface area contributed by atoms with Crippen molar-refractivity contribution in [2.24, 2.45) is 0 Å². The molecule has 0 radical (unpaired) electrons. The molecule has 1 aliphatic heterocycles. The Hall–Kier alpha value is -2.89. The first kappa shape index (κ1) is 64.1. The van der Waals surface area contributed by atoms with Gasteiger partial charge in [0, 0.05) is 6.42 Å². The lowest BCUT2D eigenvalue weighted by Crippen LogP contribution is -2.70. The smallest absolute Gasteiger partial charge is 0.326 e. The van der Waals surface area contributed by atoms with Gasteiger partial charge in [0.2, 0.25) is 24.0 Å². The molecule has 3 amide bonds. The van der Waals surface area contributed by atoms with Crippen LogP contribution in [0.5, 0.6) is 0 Å². The molecule has 9 atom stereocenters. The summed E-state index contributed by atoms with van der Waals surface area (Å²) in [6.07, 6.45) is 21.2. The zero-order chi connectivity index (χ0) is 51.1. The van der Waals surface area contributed by atoms with E-state index in [9.17, 15) is 54.6 Å². The van der Waals surface area contributed by atoms with E-state index in [0.717, 1.165) is 70.6 Å². The molecule has 1 fully saturated rings. The summed E-state index contributed by atoms with van der Waals surface area (Å²) in [5.41, 5.74) is 0. The van der Waals surface area contributed by atoms with E-state index in [2.05, 4.69) is 36.7 Å². The maximum absolute atomic E-state index is 13.5. The van der Waals surface area contributed by atoms with Crippen molar-refractivity contribution in [1.29, 1.82) is 0 Å². The Morgan fingerprint density at radius 2 is 0.855 bits per heavy atom. The van der Waals surface area contributed by atoms with Crippen LogP contribution in [0.2, 0.25) is 0 Å². The Kier molecular flexibility index (Phi) is 38.8. The van der Waals surface area contributed by atoms with Crippen molar-refractivity contribution < 1.29 is 64.1 Å². The fourth-order valence-corrected chi connectivity index (χ4v) is 9.01. The van der Waals surface area contributed by atoms with Crippen LogP contribution in [0.4, 0.5) is 0 Å². The second-order valence-corrected chi connectivity index (χ2v) is 19.8. The number of ether oxygens (including phenoxy) is 2. The van der Waals surface area contributed by atoms with Crippen molar-refractivity contribution >= 4 is 29.7 Å². The minimum absolute atomic E-state index is 0.301. The van der Waals surface area contributed by atoms with E-state index in [0.29, 0.717) is 25.7 Å². The molecule has 404 valence electrons. The van der Waals surface area contributed by atoms with Crippen molar-refractivity contribution in [3.8, 4) is 0 Å². The average Bonchev–Trinajstić information content (AvgIpc) is 3.30. The Morgan fingerprint density at radius 1 is 0.507 bits per heavy atom. The topological polar surface area (TPSA) is 261 Å². The normalized spacial score (nSPS) is 19.9. The second-order valence-electron chi connectivity index (χ2n) is 19.8. The molecule has 16 heteroatoms. The molecule has 0 aromatic rings. The lowest BCUT2D eigenvalue weighted by atomic mass is 9.93. The van der Waals surface area contributed by atoms with Gasteiger partial charge in [-0.2, -0.15) is 0 Å². The van der Waals surface area contributed by atoms with Gasteiger partial charge in [-0.3, -0.25) is 19.2 Å². The largest absolute Gasteiger partial charge is 0.480 e. The lowest BCUT2D eigenvalue weighted by Gasteiger charge is -2.44. The minimum atomic E-state index is -1.69. The number of carboxylic acids is 1. The Bertz CT molecular complexity index is 1340. The third-order valence-electron chi connectivity index (χ3n) is 13.3. The first-order chi connectivity index (χ1) is 33.3. The maximum atomic E-state index is 13.5. The summed E-state index contributed by atoms with van der Waals surface area (Å²) in [5.74, 6) is -4.43. The molecule has 9 N–H and O–H groups in total. The number of aliphatic carboxylic acids is 1. The number of aliphatic hydroxyl groups excluding tert-OH is 5. The van der Waals surface area contributed by atoms with Gasteiger partial charge in [0.15, 0.2) is 0 Å². The van der Waals surface area contributed by atoms with Gasteiger partial charge in [-0.15, -0.1) is 0 Å². The molecule has 0 aliphatic carbocycles. The summed E-state index contributed by atoms with van der Waals surface area (Å²) in [6.45, 7) is 5.78. The van der Waals surface area contributed by atoms with E-state index in [1.54, 1.807) is 0 Å². The van der Waals surface area contributed by atoms with Gasteiger partial charge in [-0.1, -0.05) is 194 Å². The third kappa shape index (κ3) is 32.7. The molecule has 1 rings (SSSR count). The molecule has 0 bridgehead atoms. The number of carboxylic acid groups (broad SMARTS) is 1. The van der Waals surface area contributed by atoms with Crippen molar-refractivity contribution in [3.63, 3.8) is 0 Å². The van der Waals surface area contributed by atoms with Gasteiger partial charge in [0.25, 0.3) is 0 Å². The number of unbranched alkanes of at least 4 members (excludes halogenated alkanes) is 24. The van der Waals surface area contributed by atoms with Crippen LogP contribution >= 0.6 is 0 Å². The van der Waals surface area contributed by atoms with Gasteiger partial charge < -0.3 is 56.1 Å². The van der Waals surface area contributed by atoms with E-state index in [4.69, 9.17) is 9.47 Å². The maximum Gasteiger partial charge on any atom is 0.326 e. The number of hydrogen-bond acceptors (Lipinski definition) is 12.